The number of pyridine rings is 1. The number of nitrogens with zero attached hydrogens (tertiary/aromatic N) is 4. The maximum absolute atomic E-state index is 13.5. The first-order chi connectivity index (χ1) is 15.4. The third-order valence-electron chi connectivity index (χ3n) is 6.99. The molecule has 0 aromatic carbocycles. The smallest absolute Gasteiger partial charge is 0.224 e. The molecule has 0 bridgehead atoms. The van der Waals surface area contributed by atoms with Crippen LogP contribution in [0.15, 0.2) is 30.9 Å². The Morgan fingerprint density at radius 1 is 1.38 bits per heavy atom. The number of aliphatic hydroxyl groups is 1. The van der Waals surface area contributed by atoms with Gasteiger partial charge in [-0.25, -0.2) is 14.4 Å². The summed E-state index contributed by atoms with van der Waals surface area (Å²) in [6.07, 6.45) is 6.25. The number of aromatic amines is 1. The van der Waals surface area contributed by atoms with Crippen LogP contribution < -0.4 is 10.2 Å². The number of amides is 1. The molecule has 1 saturated carbocycles. The molecule has 4 heterocycles. The van der Waals surface area contributed by atoms with Crippen molar-refractivity contribution in [2.45, 2.75) is 45.3 Å². The molecule has 1 spiro atoms. The molecule has 0 radical (unpaired) electrons. The van der Waals surface area contributed by atoms with Crippen molar-refractivity contribution in [1.82, 2.24) is 25.3 Å². The van der Waals surface area contributed by atoms with E-state index in [9.17, 15) is 14.3 Å². The van der Waals surface area contributed by atoms with E-state index in [0.717, 1.165) is 55.4 Å². The highest BCUT2D eigenvalue weighted by Gasteiger charge is 2.55. The third kappa shape index (κ3) is 3.60. The van der Waals surface area contributed by atoms with E-state index < -0.39 is 18.0 Å². The molecule has 3 N–H and O–H groups in total. The molecular weight excluding hydrogens is 411 g/mol. The van der Waals surface area contributed by atoms with Gasteiger partial charge in [0.05, 0.1) is 23.3 Å². The van der Waals surface area contributed by atoms with Gasteiger partial charge in [0.2, 0.25) is 5.91 Å². The van der Waals surface area contributed by atoms with Crippen molar-refractivity contribution in [3.05, 3.63) is 47.9 Å². The van der Waals surface area contributed by atoms with Gasteiger partial charge >= 0.3 is 0 Å². The molecule has 3 aromatic heterocycles. The molecular formula is C23H27FN6O2. The van der Waals surface area contributed by atoms with E-state index in [1.54, 1.807) is 20.2 Å². The number of piperidine rings is 1. The van der Waals surface area contributed by atoms with Gasteiger partial charge < -0.3 is 20.3 Å². The highest BCUT2D eigenvalue weighted by molar-refractivity contribution is 5.87. The molecule has 168 valence electrons. The van der Waals surface area contributed by atoms with Crippen molar-refractivity contribution < 1.29 is 14.3 Å². The predicted molar refractivity (Wildman–Crippen MR) is 117 cm³/mol. The van der Waals surface area contributed by atoms with Crippen molar-refractivity contribution in [2.24, 2.45) is 11.3 Å². The lowest BCUT2D eigenvalue weighted by Gasteiger charge is -2.39. The number of hydrogen-bond donors (Lipinski definition) is 3. The molecule has 3 atom stereocenters. The maximum Gasteiger partial charge on any atom is 0.224 e. The summed E-state index contributed by atoms with van der Waals surface area (Å²) >= 11 is 0. The summed E-state index contributed by atoms with van der Waals surface area (Å²) in [7, 11) is 0. The number of aliphatic hydroxyl groups excluding tert-OH is 1. The Kier molecular flexibility index (Phi) is 5.08. The standard InChI is InChI=1S/C23H27FN6O2/c1-13-9-18(26-10-17(13)24)19(31)14(2)29-22(32)16-4-8-30(11-23(16)5-6-23)21-15-3-7-25-20(15)27-12-28-21/h3,7,9-10,12,14,16,19,31H,4-6,8,11H2,1-2H3,(H,29,32)(H,25,27,28)/t14-,16?,19-/m0/s1. The van der Waals surface area contributed by atoms with Crippen LogP contribution in [0.1, 0.15) is 43.5 Å². The second-order valence-electron chi connectivity index (χ2n) is 9.16. The average molecular weight is 439 g/mol. The van der Waals surface area contributed by atoms with E-state index in [1.807, 2.05) is 12.3 Å². The number of fused-ring (bicyclic) bond motifs is 1. The maximum atomic E-state index is 13.5. The van der Waals surface area contributed by atoms with Gasteiger partial charge in [0.15, 0.2) is 0 Å². The second kappa shape index (κ2) is 7.81. The summed E-state index contributed by atoms with van der Waals surface area (Å²) in [5.41, 5.74) is 1.52. The van der Waals surface area contributed by atoms with Gasteiger partial charge in [-0.05, 0) is 56.2 Å². The fourth-order valence-electron chi connectivity index (χ4n) is 4.91. The summed E-state index contributed by atoms with van der Waals surface area (Å²) in [5, 5.41) is 14.6. The van der Waals surface area contributed by atoms with Gasteiger partial charge in [-0.2, -0.15) is 0 Å². The third-order valence-corrected chi connectivity index (χ3v) is 6.99. The highest BCUT2D eigenvalue weighted by Crippen LogP contribution is 2.56. The van der Waals surface area contributed by atoms with Crippen molar-refractivity contribution in [1.29, 1.82) is 0 Å². The number of carbonyl (C=O) groups excluding carboxylic acids is 1. The Labute approximate surface area is 185 Å². The van der Waals surface area contributed by atoms with E-state index in [1.165, 1.54) is 6.07 Å². The minimum Gasteiger partial charge on any atom is -0.385 e. The molecule has 8 nitrogen and oxygen atoms in total. The lowest BCUT2D eigenvalue weighted by molar-refractivity contribution is -0.129. The number of nitrogens with one attached hydrogen (secondary N) is 2. The minimum absolute atomic E-state index is 0.0398. The van der Waals surface area contributed by atoms with Gasteiger partial charge in [-0.15, -0.1) is 0 Å². The zero-order chi connectivity index (χ0) is 22.5. The number of hydrogen-bond acceptors (Lipinski definition) is 6. The predicted octanol–water partition coefficient (Wildman–Crippen LogP) is 2.65. The molecule has 2 aliphatic rings. The molecule has 1 amide bonds. The summed E-state index contributed by atoms with van der Waals surface area (Å²) in [6.45, 7) is 4.88. The van der Waals surface area contributed by atoms with Gasteiger partial charge in [0, 0.05) is 25.2 Å². The minimum atomic E-state index is -1.00. The first kappa shape index (κ1) is 20.8. The molecule has 3 aromatic rings. The average Bonchev–Trinajstić information content (AvgIpc) is 3.36. The van der Waals surface area contributed by atoms with Gasteiger partial charge in [0.1, 0.15) is 29.7 Å². The monoisotopic (exact) mass is 438 g/mol. The topological polar surface area (TPSA) is 107 Å². The van der Waals surface area contributed by atoms with Crippen molar-refractivity contribution in [2.75, 3.05) is 18.0 Å². The van der Waals surface area contributed by atoms with Gasteiger partial charge in [-0.1, -0.05) is 0 Å². The lowest BCUT2D eigenvalue weighted by Crippen LogP contribution is -2.50. The lowest BCUT2D eigenvalue weighted by atomic mass is 9.81. The first-order valence-electron chi connectivity index (χ1n) is 11.0. The molecule has 1 saturated heterocycles. The quantitative estimate of drug-likeness (QED) is 0.565. The van der Waals surface area contributed by atoms with E-state index in [4.69, 9.17) is 0 Å². The summed E-state index contributed by atoms with van der Waals surface area (Å²) in [4.78, 5) is 31.3. The van der Waals surface area contributed by atoms with Crippen LogP contribution in [0.3, 0.4) is 0 Å². The zero-order valence-corrected chi connectivity index (χ0v) is 18.2. The van der Waals surface area contributed by atoms with Crippen LogP contribution in [0.25, 0.3) is 11.0 Å². The number of aromatic nitrogens is 4. The number of H-pyrrole nitrogens is 1. The zero-order valence-electron chi connectivity index (χ0n) is 18.2. The van der Waals surface area contributed by atoms with E-state index in [2.05, 4.69) is 30.2 Å². The molecule has 32 heavy (non-hydrogen) atoms. The molecule has 5 rings (SSSR count). The number of carbonyl (C=O) groups is 1. The summed E-state index contributed by atoms with van der Waals surface area (Å²) in [6, 6.07) is 2.97. The van der Waals surface area contributed by atoms with Crippen LogP contribution in [-0.4, -0.2) is 50.1 Å². The van der Waals surface area contributed by atoms with Crippen LogP contribution in [0, 0.1) is 24.1 Å². The van der Waals surface area contributed by atoms with Gasteiger partial charge in [-0.3, -0.25) is 9.78 Å². The Bertz CT molecular complexity index is 1160. The molecule has 9 heteroatoms. The molecule has 1 aliphatic carbocycles. The van der Waals surface area contributed by atoms with E-state index >= 15 is 0 Å². The van der Waals surface area contributed by atoms with E-state index in [-0.39, 0.29) is 17.2 Å². The Morgan fingerprint density at radius 2 is 2.19 bits per heavy atom. The van der Waals surface area contributed by atoms with E-state index in [0.29, 0.717) is 11.3 Å². The van der Waals surface area contributed by atoms with Crippen molar-refractivity contribution >= 4 is 22.8 Å². The fourth-order valence-corrected chi connectivity index (χ4v) is 4.91. The number of halogens is 1. The molecule has 2 fully saturated rings. The highest BCUT2D eigenvalue weighted by atomic mass is 19.1. The Hall–Kier alpha value is -3.07. The van der Waals surface area contributed by atoms with Crippen molar-refractivity contribution in [3.63, 3.8) is 0 Å². The second-order valence-corrected chi connectivity index (χ2v) is 9.16. The van der Waals surface area contributed by atoms with Crippen LogP contribution in [0.4, 0.5) is 10.2 Å². The van der Waals surface area contributed by atoms with Crippen LogP contribution in [0.2, 0.25) is 0 Å². The van der Waals surface area contributed by atoms with Crippen LogP contribution in [0.5, 0.6) is 0 Å². The Balaban J connectivity index is 1.27. The van der Waals surface area contributed by atoms with Crippen molar-refractivity contribution in [3.8, 4) is 0 Å². The number of aryl methyl sites for hydroxylation is 1. The van der Waals surface area contributed by atoms with Crippen LogP contribution >= 0.6 is 0 Å². The SMILES string of the molecule is Cc1cc([C@@H](O)[C@H](C)NC(=O)C2CCN(c3ncnc4[nH]ccc34)CC23CC3)ncc1F. The summed E-state index contributed by atoms with van der Waals surface area (Å²) < 4.78 is 13.5. The molecule has 1 aliphatic heterocycles. The molecule has 1 unspecified atom stereocenters. The normalized spacial score (nSPS) is 21.5. The van der Waals surface area contributed by atoms with Gasteiger partial charge in [0.25, 0.3) is 0 Å². The number of rotatable bonds is 5. The Morgan fingerprint density at radius 3 is 2.94 bits per heavy atom. The first-order valence-corrected chi connectivity index (χ1v) is 11.0. The van der Waals surface area contributed by atoms with Crippen LogP contribution in [-0.2, 0) is 4.79 Å². The largest absolute Gasteiger partial charge is 0.385 e. The fraction of sp³-hybridized carbons (Fsp3) is 0.478. The summed E-state index contributed by atoms with van der Waals surface area (Å²) in [5.74, 6) is 0.338. The number of anilines is 1.